The fraction of sp³-hybridized carbons (Fsp3) is 0.0556. The third kappa shape index (κ3) is 2.38. The van der Waals surface area contributed by atoms with Crippen LogP contribution in [-0.4, -0.2) is 5.78 Å². The van der Waals surface area contributed by atoms with Crippen molar-refractivity contribution in [3.05, 3.63) is 77.1 Å². The lowest BCUT2D eigenvalue weighted by atomic mass is 9.97. The highest BCUT2D eigenvalue weighted by Crippen LogP contribution is 2.24. The summed E-state index contributed by atoms with van der Waals surface area (Å²) in [4.78, 5) is 12.6. The van der Waals surface area contributed by atoms with Crippen LogP contribution in [0.25, 0.3) is 10.8 Å². The zero-order chi connectivity index (χ0) is 15.0. The largest absolute Gasteiger partial charge is 0.398 e. The van der Waals surface area contributed by atoms with E-state index in [4.69, 9.17) is 5.73 Å². The lowest BCUT2D eigenvalue weighted by Gasteiger charge is -2.08. The van der Waals surface area contributed by atoms with Gasteiger partial charge in [-0.1, -0.05) is 24.3 Å². The Morgan fingerprint density at radius 3 is 2.33 bits per heavy atom. The minimum Gasteiger partial charge on any atom is -0.398 e. The molecule has 0 aliphatic heterocycles. The van der Waals surface area contributed by atoms with Crippen LogP contribution in [0.4, 0.5) is 10.1 Å². The molecule has 0 aromatic heterocycles. The zero-order valence-corrected chi connectivity index (χ0v) is 11.6. The van der Waals surface area contributed by atoms with E-state index in [9.17, 15) is 9.18 Å². The number of hydrogen-bond donors (Lipinski definition) is 1. The first kappa shape index (κ1) is 13.3. The summed E-state index contributed by atoms with van der Waals surface area (Å²) in [6.07, 6.45) is 0. The Labute approximate surface area is 122 Å². The van der Waals surface area contributed by atoms with E-state index >= 15 is 0 Å². The Morgan fingerprint density at radius 1 is 1.00 bits per heavy atom. The van der Waals surface area contributed by atoms with Crippen LogP contribution in [0.15, 0.2) is 54.6 Å². The van der Waals surface area contributed by atoms with Gasteiger partial charge < -0.3 is 5.73 Å². The molecular weight excluding hydrogens is 265 g/mol. The van der Waals surface area contributed by atoms with E-state index in [1.54, 1.807) is 25.1 Å². The van der Waals surface area contributed by atoms with E-state index in [-0.39, 0.29) is 11.6 Å². The van der Waals surface area contributed by atoms with Crippen LogP contribution < -0.4 is 5.73 Å². The highest BCUT2D eigenvalue weighted by atomic mass is 19.1. The van der Waals surface area contributed by atoms with Gasteiger partial charge in [-0.2, -0.15) is 0 Å². The molecule has 0 amide bonds. The summed E-state index contributed by atoms with van der Waals surface area (Å²) >= 11 is 0. The zero-order valence-electron chi connectivity index (χ0n) is 11.6. The van der Waals surface area contributed by atoms with Gasteiger partial charge in [0.2, 0.25) is 0 Å². The Bertz CT molecular complexity index is 855. The number of anilines is 1. The van der Waals surface area contributed by atoms with Crippen molar-refractivity contribution in [2.45, 2.75) is 6.92 Å². The quantitative estimate of drug-likeness (QED) is 0.567. The molecule has 0 radical (unpaired) electrons. The summed E-state index contributed by atoms with van der Waals surface area (Å²) in [6.45, 7) is 1.63. The van der Waals surface area contributed by atoms with Gasteiger partial charge in [-0.15, -0.1) is 0 Å². The molecule has 2 nitrogen and oxygen atoms in total. The molecule has 104 valence electrons. The lowest BCUT2D eigenvalue weighted by Crippen LogP contribution is -2.06. The number of nitrogens with two attached hydrogens (primary N) is 1. The first-order valence-corrected chi connectivity index (χ1v) is 6.65. The van der Waals surface area contributed by atoms with Gasteiger partial charge in [0.1, 0.15) is 5.82 Å². The molecule has 3 aromatic carbocycles. The Hall–Kier alpha value is -2.68. The van der Waals surface area contributed by atoms with E-state index in [0.717, 1.165) is 10.8 Å². The summed E-state index contributed by atoms with van der Waals surface area (Å²) in [5, 5.41) is 1.94. The van der Waals surface area contributed by atoms with Crippen LogP contribution in [0.5, 0.6) is 0 Å². The number of ketones is 1. The summed E-state index contributed by atoms with van der Waals surface area (Å²) < 4.78 is 13.3. The molecule has 2 N–H and O–H groups in total. The predicted molar refractivity (Wildman–Crippen MR) is 82.9 cm³/mol. The number of carbonyl (C=O) groups is 1. The van der Waals surface area contributed by atoms with Gasteiger partial charge in [0, 0.05) is 16.8 Å². The molecule has 3 rings (SSSR count). The molecule has 0 heterocycles. The fourth-order valence-corrected chi connectivity index (χ4v) is 2.40. The first-order valence-electron chi connectivity index (χ1n) is 6.65. The Morgan fingerprint density at radius 2 is 1.67 bits per heavy atom. The highest BCUT2D eigenvalue weighted by molar-refractivity contribution is 6.14. The number of fused-ring (bicyclic) bond motifs is 1. The van der Waals surface area contributed by atoms with Crippen molar-refractivity contribution in [2.24, 2.45) is 0 Å². The predicted octanol–water partition coefficient (Wildman–Crippen LogP) is 4.10. The molecule has 0 bridgehead atoms. The number of rotatable bonds is 2. The third-order valence-corrected chi connectivity index (χ3v) is 3.58. The van der Waals surface area contributed by atoms with Crippen molar-refractivity contribution >= 4 is 22.2 Å². The molecule has 0 aliphatic carbocycles. The van der Waals surface area contributed by atoms with Crippen molar-refractivity contribution in [3.8, 4) is 0 Å². The van der Waals surface area contributed by atoms with Crippen LogP contribution in [0.1, 0.15) is 21.5 Å². The molecule has 3 heteroatoms. The number of nitrogen functional groups attached to an aromatic ring is 1. The average molecular weight is 279 g/mol. The monoisotopic (exact) mass is 279 g/mol. The lowest BCUT2D eigenvalue weighted by molar-refractivity contribution is 0.103. The smallest absolute Gasteiger partial charge is 0.195 e. The van der Waals surface area contributed by atoms with Crippen molar-refractivity contribution in [1.82, 2.24) is 0 Å². The number of carbonyl (C=O) groups excluding carboxylic acids is 1. The standard InChI is InChI=1S/C18H14FNO/c1-11-8-14(6-7-16(11)19)18(21)15-9-12-4-2-3-5-13(12)10-17(15)20/h2-10H,20H2,1H3. The second-order valence-corrected chi connectivity index (χ2v) is 5.08. The van der Waals surface area contributed by atoms with Crippen LogP contribution in [0.2, 0.25) is 0 Å². The van der Waals surface area contributed by atoms with Crippen LogP contribution in [-0.2, 0) is 0 Å². The van der Waals surface area contributed by atoms with Gasteiger partial charge in [0.15, 0.2) is 5.78 Å². The number of aryl methyl sites for hydroxylation is 1. The fourth-order valence-electron chi connectivity index (χ4n) is 2.40. The normalized spacial score (nSPS) is 10.8. The Kier molecular flexibility index (Phi) is 3.18. The minimum absolute atomic E-state index is 0.193. The highest BCUT2D eigenvalue weighted by Gasteiger charge is 2.14. The van der Waals surface area contributed by atoms with Gasteiger partial charge in [0.25, 0.3) is 0 Å². The van der Waals surface area contributed by atoms with E-state index < -0.39 is 0 Å². The second kappa shape index (κ2) is 5.02. The van der Waals surface area contributed by atoms with Crippen molar-refractivity contribution in [3.63, 3.8) is 0 Å². The van der Waals surface area contributed by atoms with E-state index in [0.29, 0.717) is 22.4 Å². The molecule has 0 unspecified atom stereocenters. The maximum atomic E-state index is 13.3. The Balaban J connectivity index is 2.12. The molecule has 3 aromatic rings. The van der Waals surface area contributed by atoms with E-state index in [1.807, 2.05) is 24.3 Å². The number of hydrogen-bond acceptors (Lipinski definition) is 2. The number of halogens is 1. The summed E-state index contributed by atoms with van der Waals surface area (Å²) in [7, 11) is 0. The topological polar surface area (TPSA) is 43.1 Å². The molecule has 0 spiro atoms. The molecule has 21 heavy (non-hydrogen) atoms. The minimum atomic E-state index is -0.321. The van der Waals surface area contributed by atoms with Crippen LogP contribution in [0, 0.1) is 12.7 Å². The first-order chi connectivity index (χ1) is 10.1. The third-order valence-electron chi connectivity index (χ3n) is 3.58. The molecule has 0 atom stereocenters. The summed E-state index contributed by atoms with van der Waals surface area (Å²) in [6, 6.07) is 15.6. The van der Waals surface area contributed by atoms with Gasteiger partial charge in [-0.3, -0.25) is 4.79 Å². The van der Waals surface area contributed by atoms with Gasteiger partial charge in [0.05, 0.1) is 0 Å². The summed E-state index contributed by atoms with van der Waals surface area (Å²) in [5.41, 5.74) is 7.76. The molecule has 0 saturated heterocycles. The van der Waals surface area contributed by atoms with E-state index in [1.165, 1.54) is 12.1 Å². The van der Waals surface area contributed by atoms with Crippen molar-refractivity contribution in [2.75, 3.05) is 5.73 Å². The molecular formula is C18H14FNO. The van der Waals surface area contributed by atoms with Crippen LogP contribution in [0.3, 0.4) is 0 Å². The molecule has 0 fully saturated rings. The maximum absolute atomic E-state index is 13.3. The number of benzene rings is 3. The van der Waals surface area contributed by atoms with Gasteiger partial charge >= 0.3 is 0 Å². The van der Waals surface area contributed by atoms with Crippen LogP contribution >= 0.6 is 0 Å². The van der Waals surface area contributed by atoms with Crippen molar-refractivity contribution in [1.29, 1.82) is 0 Å². The SMILES string of the molecule is Cc1cc(C(=O)c2cc3ccccc3cc2N)ccc1F. The maximum Gasteiger partial charge on any atom is 0.195 e. The second-order valence-electron chi connectivity index (χ2n) is 5.08. The van der Waals surface area contributed by atoms with E-state index in [2.05, 4.69) is 0 Å². The molecule has 0 saturated carbocycles. The van der Waals surface area contributed by atoms with Crippen molar-refractivity contribution < 1.29 is 9.18 Å². The van der Waals surface area contributed by atoms with Gasteiger partial charge in [-0.05, 0) is 53.6 Å². The average Bonchev–Trinajstić information content (AvgIpc) is 2.48. The summed E-state index contributed by atoms with van der Waals surface area (Å²) in [5.74, 6) is -0.514. The molecule has 0 aliphatic rings. The van der Waals surface area contributed by atoms with Gasteiger partial charge in [-0.25, -0.2) is 4.39 Å².